The van der Waals surface area contributed by atoms with E-state index in [0.29, 0.717) is 10.0 Å². The number of amides is 1. The van der Waals surface area contributed by atoms with Crippen LogP contribution >= 0.6 is 22.7 Å². The van der Waals surface area contributed by atoms with E-state index < -0.39 is 23.7 Å². The average molecular weight is 396 g/mol. The molecule has 1 aromatic carbocycles. The van der Waals surface area contributed by atoms with Crippen LogP contribution in [0.4, 0.5) is 5.13 Å². The molecule has 3 aromatic rings. The zero-order valence-electron chi connectivity index (χ0n) is 14.7. The highest BCUT2D eigenvalue weighted by atomic mass is 32.1. The minimum atomic E-state index is -1.07. The van der Waals surface area contributed by atoms with E-state index >= 15 is 0 Å². The van der Waals surface area contributed by atoms with Gasteiger partial charge in [-0.1, -0.05) is 36.4 Å². The molecular formula is C20H16N2O3S2. The lowest BCUT2D eigenvalue weighted by Crippen LogP contribution is -2.30. The molecule has 5 nitrogen and oxygen atoms in total. The third-order valence-corrected chi connectivity index (χ3v) is 6.67. The maximum Gasteiger partial charge on any atom is 0.297 e. The SMILES string of the molecule is Cc1nc(N2C(=O)C(=O)C(C(=O)c3cccs3)C2c2ccccc2)sc1C. The highest BCUT2D eigenvalue weighted by Crippen LogP contribution is 2.43. The van der Waals surface area contributed by atoms with Gasteiger partial charge in [0.05, 0.1) is 16.6 Å². The van der Waals surface area contributed by atoms with Crippen LogP contribution in [0.2, 0.25) is 0 Å². The van der Waals surface area contributed by atoms with Crippen LogP contribution in [0, 0.1) is 19.8 Å². The number of anilines is 1. The van der Waals surface area contributed by atoms with Gasteiger partial charge in [0.15, 0.2) is 10.9 Å². The fraction of sp³-hybridized carbons (Fsp3) is 0.200. The van der Waals surface area contributed by atoms with Gasteiger partial charge in [0.25, 0.3) is 5.91 Å². The van der Waals surface area contributed by atoms with Crippen LogP contribution in [0.5, 0.6) is 0 Å². The number of aryl methyl sites for hydroxylation is 2. The van der Waals surface area contributed by atoms with E-state index in [0.717, 1.165) is 16.1 Å². The molecule has 2 aromatic heterocycles. The van der Waals surface area contributed by atoms with Gasteiger partial charge in [0.1, 0.15) is 5.92 Å². The number of hydrogen-bond donors (Lipinski definition) is 0. The van der Waals surface area contributed by atoms with E-state index in [1.165, 1.54) is 27.6 Å². The number of ketones is 2. The van der Waals surface area contributed by atoms with Gasteiger partial charge >= 0.3 is 0 Å². The summed E-state index contributed by atoms with van der Waals surface area (Å²) in [6.07, 6.45) is 0. The maximum absolute atomic E-state index is 13.1. The van der Waals surface area contributed by atoms with E-state index in [2.05, 4.69) is 4.98 Å². The predicted octanol–water partition coefficient (Wildman–Crippen LogP) is 3.98. The molecule has 3 heterocycles. The molecule has 7 heteroatoms. The van der Waals surface area contributed by atoms with Crippen molar-refractivity contribution in [1.29, 1.82) is 0 Å². The first kappa shape index (κ1) is 17.8. The summed E-state index contributed by atoms with van der Waals surface area (Å²) in [6, 6.07) is 12.0. The van der Waals surface area contributed by atoms with E-state index in [1.54, 1.807) is 17.5 Å². The molecule has 27 heavy (non-hydrogen) atoms. The first-order valence-corrected chi connectivity index (χ1v) is 10.1. The smallest absolute Gasteiger partial charge is 0.292 e. The molecule has 1 aliphatic rings. The Morgan fingerprint density at radius 1 is 1.07 bits per heavy atom. The Balaban J connectivity index is 1.86. The van der Waals surface area contributed by atoms with Crippen molar-refractivity contribution in [2.45, 2.75) is 19.9 Å². The van der Waals surface area contributed by atoms with Crippen LogP contribution in [-0.4, -0.2) is 22.5 Å². The molecule has 2 unspecified atom stereocenters. The second-order valence-corrected chi connectivity index (χ2v) is 8.48. The van der Waals surface area contributed by atoms with Gasteiger partial charge in [-0.3, -0.25) is 19.3 Å². The standard InChI is InChI=1S/C20H16N2O3S2/c1-11-12(2)27-20(21-11)22-16(13-7-4-3-5-8-13)15(18(24)19(22)25)17(23)14-9-6-10-26-14/h3-10,15-16H,1-2H3. The number of rotatable bonds is 4. The quantitative estimate of drug-likeness (QED) is 0.380. The average Bonchev–Trinajstić information content (AvgIpc) is 3.37. The summed E-state index contributed by atoms with van der Waals surface area (Å²) in [5.41, 5.74) is 1.56. The van der Waals surface area contributed by atoms with Crippen molar-refractivity contribution < 1.29 is 14.4 Å². The topological polar surface area (TPSA) is 67.3 Å². The summed E-state index contributed by atoms with van der Waals surface area (Å²) in [5, 5.41) is 2.25. The highest BCUT2D eigenvalue weighted by molar-refractivity contribution is 7.16. The van der Waals surface area contributed by atoms with Gasteiger partial charge in [-0.25, -0.2) is 4.98 Å². The molecule has 1 fully saturated rings. The second kappa shape index (κ2) is 6.83. The van der Waals surface area contributed by atoms with E-state index in [9.17, 15) is 14.4 Å². The maximum atomic E-state index is 13.1. The van der Waals surface area contributed by atoms with Crippen LogP contribution < -0.4 is 4.90 Å². The first-order valence-electron chi connectivity index (χ1n) is 8.43. The van der Waals surface area contributed by atoms with Crippen molar-refractivity contribution in [3.63, 3.8) is 0 Å². The largest absolute Gasteiger partial charge is 0.297 e. The van der Waals surface area contributed by atoms with E-state index in [1.807, 2.05) is 44.2 Å². The zero-order valence-corrected chi connectivity index (χ0v) is 16.3. The first-order chi connectivity index (χ1) is 13.0. The Labute approximate surface area is 164 Å². The molecule has 136 valence electrons. The number of aromatic nitrogens is 1. The third-order valence-electron chi connectivity index (χ3n) is 4.72. The Morgan fingerprint density at radius 3 is 2.41 bits per heavy atom. The molecule has 0 radical (unpaired) electrons. The molecule has 0 spiro atoms. The molecule has 1 amide bonds. The Morgan fingerprint density at radius 2 is 1.81 bits per heavy atom. The van der Waals surface area contributed by atoms with Crippen molar-refractivity contribution in [2.24, 2.45) is 5.92 Å². The molecular weight excluding hydrogens is 380 g/mol. The van der Waals surface area contributed by atoms with Gasteiger partial charge < -0.3 is 0 Å². The number of nitrogens with zero attached hydrogens (tertiary/aromatic N) is 2. The van der Waals surface area contributed by atoms with Crippen molar-refractivity contribution >= 4 is 45.3 Å². The van der Waals surface area contributed by atoms with Gasteiger partial charge in [-0.2, -0.15) is 0 Å². The van der Waals surface area contributed by atoms with Gasteiger partial charge in [0, 0.05) is 4.88 Å². The summed E-state index contributed by atoms with van der Waals surface area (Å²) in [6.45, 7) is 3.79. The van der Waals surface area contributed by atoms with Crippen LogP contribution in [0.1, 0.15) is 31.8 Å². The Kier molecular flexibility index (Phi) is 4.49. The summed E-state index contributed by atoms with van der Waals surface area (Å²) >= 11 is 2.64. The van der Waals surface area contributed by atoms with Gasteiger partial charge in [-0.05, 0) is 30.9 Å². The summed E-state index contributed by atoms with van der Waals surface area (Å²) < 4.78 is 0. The minimum Gasteiger partial charge on any atom is -0.292 e. The number of Topliss-reactive ketones (excluding diaryl/α,β-unsaturated/α-hetero) is 2. The number of thiazole rings is 1. The molecule has 4 rings (SSSR count). The fourth-order valence-electron chi connectivity index (χ4n) is 3.26. The number of hydrogen-bond acceptors (Lipinski definition) is 6. The monoisotopic (exact) mass is 396 g/mol. The number of thiophene rings is 1. The molecule has 0 aliphatic carbocycles. The van der Waals surface area contributed by atoms with Crippen LogP contribution in [0.15, 0.2) is 47.8 Å². The highest BCUT2D eigenvalue weighted by Gasteiger charge is 2.53. The zero-order chi connectivity index (χ0) is 19.1. The van der Waals surface area contributed by atoms with Gasteiger partial charge in [0.2, 0.25) is 5.78 Å². The number of benzene rings is 1. The fourth-order valence-corrected chi connectivity index (χ4v) is 4.91. The Hall–Kier alpha value is -2.64. The molecule has 0 saturated carbocycles. The molecule has 1 saturated heterocycles. The summed E-state index contributed by atoms with van der Waals surface area (Å²) in [7, 11) is 0. The van der Waals surface area contributed by atoms with Crippen molar-refractivity contribution in [3.8, 4) is 0 Å². The van der Waals surface area contributed by atoms with Crippen LogP contribution in [0.25, 0.3) is 0 Å². The lowest BCUT2D eigenvalue weighted by Gasteiger charge is -2.24. The molecule has 0 bridgehead atoms. The minimum absolute atomic E-state index is 0.315. The van der Waals surface area contributed by atoms with Gasteiger partial charge in [-0.15, -0.1) is 22.7 Å². The lowest BCUT2D eigenvalue weighted by molar-refractivity contribution is -0.135. The van der Waals surface area contributed by atoms with Crippen LogP contribution in [-0.2, 0) is 9.59 Å². The van der Waals surface area contributed by atoms with Crippen LogP contribution in [0.3, 0.4) is 0 Å². The molecule has 0 N–H and O–H groups in total. The van der Waals surface area contributed by atoms with Crippen molar-refractivity contribution in [1.82, 2.24) is 4.98 Å². The second-order valence-electron chi connectivity index (χ2n) is 6.35. The lowest BCUT2D eigenvalue weighted by atomic mass is 9.89. The van der Waals surface area contributed by atoms with Crippen molar-refractivity contribution in [3.05, 3.63) is 68.9 Å². The third kappa shape index (κ3) is 2.93. The van der Waals surface area contributed by atoms with E-state index in [4.69, 9.17) is 0 Å². The molecule has 1 aliphatic heterocycles. The normalized spacial score (nSPS) is 19.7. The van der Waals surface area contributed by atoms with Crippen molar-refractivity contribution in [2.75, 3.05) is 4.90 Å². The number of carbonyl (C=O) groups is 3. The van der Waals surface area contributed by atoms with E-state index in [-0.39, 0.29) is 5.78 Å². The Bertz CT molecular complexity index is 1010. The number of carbonyl (C=O) groups excluding carboxylic acids is 3. The molecule has 2 atom stereocenters. The summed E-state index contributed by atoms with van der Waals surface area (Å²) in [4.78, 5) is 46.2. The summed E-state index contributed by atoms with van der Waals surface area (Å²) in [5.74, 6) is -2.73. The predicted molar refractivity (Wildman–Crippen MR) is 105 cm³/mol.